The average Bonchev–Trinajstić information content (AvgIpc) is 2.53. The Balaban J connectivity index is 1.82. The number of amides is 1. The van der Waals surface area contributed by atoms with Crippen LogP contribution in [-0.4, -0.2) is 67.8 Å². The molecule has 6 nitrogen and oxygen atoms in total. The summed E-state index contributed by atoms with van der Waals surface area (Å²) in [7, 11) is 2.00. The first-order valence-electron chi connectivity index (χ1n) is 6.79. The van der Waals surface area contributed by atoms with Crippen LogP contribution in [0.15, 0.2) is 24.3 Å². The quantitative estimate of drug-likeness (QED) is 0.594. The van der Waals surface area contributed by atoms with Crippen LogP contribution in [0, 0.1) is 0 Å². The number of nitrogens with zero attached hydrogens (tertiary/aromatic N) is 2. The molecule has 0 bridgehead atoms. The number of esters is 1. The summed E-state index contributed by atoms with van der Waals surface area (Å²) in [6.45, 7) is 2.71. The SMILES string of the molecule is CN1CCN(C(=O)COC(=O)c2ccc(C=O)cc2)CC1. The van der Waals surface area contributed by atoms with E-state index in [0.29, 0.717) is 30.5 Å². The van der Waals surface area contributed by atoms with Gasteiger partial charge in [0.1, 0.15) is 6.29 Å². The molecule has 0 aromatic heterocycles. The fourth-order valence-electron chi connectivity index (χ4n) is 2.06. The third-order valence-corrected chi connectivity index (χ3v) is 3.47. The molecular weight excluding hydrogens is 272 g/mol. The fourth-order valence-corrected chi connectivity index (χ4v) is 2.06. The lowest BCUT2D eigenvalue weighted by Gasteiger charge is -2.32. The summed E-state index contributed by atoms with van der Waals surface area (Å²) in [6, 6.07) is 6.08. The number of hydrogen-bond donors (Lipinski definition) is 0. The molecule has 0 spiro atoms. The van der Waals surface area contributed by atoms with Crippen molar-refractivity contribution in [3.05, 3.63) is 35.4 Å². The number of carbonyl (C=O) groups is 3. The Kier molecular flexibility index (Phi) is 5.05. The van der Waals surface area contributed by atoms with Crippen molar-refractivity contribution >= 4 is 18.2 Å². The lowest BCUT2D eigenvalue weighted by Crippen LogP contribution is -2.48. The second kappa shape index (κ2) is 6.99. The van der Waals surface area contributed by atoms with Crippen LogP contribution in [0.5, 0.6) is 0 Å². The van der Waals surface area contributed by atoms with Gasteiger partial charge in [-0.1, -0.05) is 12.1 Å². The lowest BCUT2D eigenvalue weighted by molar-refractivity contribution is -0.136. The van der Waals surface area contributed by atoms with Crippen LogP contribution in [0.3, 0.4) is 0 Å². The minimum atomic E-state index is -0.560. The lowest BCUT2D eigenvalue weighted by atomic mass is 10.1. The van der Waals surface area contributed by atoms with Crippen molar-refractivity contribution in [2.75, 3.05) is 39.8 Å². The van der Waals surface area contributed by atoms with E-state index in [4.69, 9.17) is 4.74 Å². The van der Waals surface area contributed by atoms with Crippen molar-refractivity contribution in [3.8, 4) is 0 Å². The van der Waals surface area contributed by atoms with Crippen LogP contribution < -0.4 is 0 Å². The van der Waals surface area contributed by atoms with Gasteiger partial charge in [0.05, 0.1) is 5.56 Å². The van der Waals surface area contributed by atoms with Crippen LogP contribution in [0.2, 0.25) is 0 Å². The molecule has 0 N–H and O–H groups in total. The summed E-state index contributed by atoms with van der Waals surface area (Å²) >= 11 is 0. The largest absolute Gasteiger partial charge is 0.452 e. The molecule has 0 saturated carbocycles. The topological polar surface area (TPSA) is 66.9 Å². The minimum absolute atomic E-state index is 0.180. The molecule has 1 aromatic carbocycles. The smallest absolute Gasteiger partial charge is 0.338 e. The highest BCUT2D eigenvalue weighted by Crippen LogP contribution is 2.05. The molecule has 1 heterocycles. The first kappa shape index (κ1) is 15.2. The van der Waals surface area contributed by atoms with E-state index < -0.39 is 5.97 Å². The zero-order chi connectivity index (χ0) is 15.2. The highest BCUT2D eigenvalue weighted by atomic mass is 16.5. The van der Waals surface area contributed by atoms with Gasteiger partial charge < -0.3 is 14.5 Å². The van der Waals surface area contributed by atoms with E-state index in [-0.39, 0.29) is 12.5 Å². The van der Waals surface area contributed by atoms with Gasteiger partial charge >= 0.3 is 5.97 Å². The molecular formula is C15H18N2O4. The Morgan fingerprint density at radius 3 is 2.33 bits per heavy atom. The second-order valence-corrected chi connectivity index (χ2v) is 5.00. The fraction of sp³-hybridized carbons (Fsp3) is 0.400. The Morgan fingerprint density at radius 1 is 1.14 bits per heavy atom. The van der Waals surface area contributed by atoms with Gasteiger partial charge in [0.2, 0.25) is 0 Å². The van der Waals surface area contributed by atoms with Crippen molar-refractivity contribution in [1.82, 2.24) is 9.80 Å². The van der Waals surface area contributed by atoms with Gasteiger partial charge in [-0.3, -0.25) is 9.59 Å². The molecule has 1 amide bonds. The Labute approximate surface area is 123 Å². The number of piperazine rings is 1. The Bertz CT molecular complexity index is 519. The normalized spacial score (nSPS) is 15.6. The molecule has 1 fully saturated rings. The number of likely N-dealkylation sites (N-methyl/N-ethyl adjacent to an activating group) is 1. The van der Waals surface area contributed by atoms with Crippen molar-refractivity contribution in [2.24, 2.45) is 0 Å². The molecule has 1 saturated heterocycles. The maximum atomic E-state index is 11.9. The molecule has 1 aliphatic rings. The predicted molar refractivity (Wildman–Crippen MR) is 76.2 cm³/mol. The zero-order valence-corrected chi connectivity index (χ0v) is 11.9. The van der Waals surface area contributed by atoms with Crippen molar-refractivity contribution < 1.29 is 19.1 Å². The number of rotatable bonds is 4. The van der Waals surface area contributed by atoms with E-state index in [1.807, 2.05) is 7.05 Å². The van der Waals surface area contributed by atoms with Gasteiger partial charge in [-0.05, 0) is 19.2 Å². The minimum Gasteiger partial charge on any atom is -0.452 e. The third kappa shape index (κ3) is 4.13. The maximum Gasteiger partial charge on any atom is 0.338 e. The highest BCUT2D eigenvalue weighted by Gasteiger charge is 2.20. The van der Waals surface area contributed by atoms with Gasteiger partial charge in [0, 0.05) is 31.7 Å². The van der Waals surface area contributed by atoms with Gasteiger partial charge in [-0.25, -0.2) is 4.79 Å². The molecule has 21 heavy (non-hydrogen) atoms. The van der Waals surface area contributed by atoms with Gasteiger partial charge in [-0.2, -0.15) is 0 Å². The van der Waals surface area contributed by atoms with Crippen LogP contribution in [0.4, 0.5) is 0 Å². The summed E-state index contributed by atoms with van der Waals surface area (Å²) in [5.41, 5.74) is 0.812. The molecule has 2 rings (SSSR count). The summed E-state index contributed by atoms with van der Waals surface area (Å²) in [4.78, 5) is 38.1. The maximum absolute atomic E-state index is 11.9. The summed E-state index contributed by atoms with van der Waals surface area (Å²) in [5.74, 6) is -0.740. The van der Waals surface area contributed by atoms with E-state index in [1.54, 1.807) is 4.90 Å². The Morgan fingerprint density at radius 2 is 1.76 bits per heavy atom. The van der Waals surface area contributed by atoms with Crippen molar-refractivity contribution in [3.63, 3.8) is 0 Å². The molecule has 6 heteroatoms. The molecule has 0 radical (unpaired) electrons. The standard InChI is InChI=1S/C15H18N2O4/c1-16-6-8-17(9-7-16)14(19)11-21-15(20)13-4-2-12(10-18)3-5-13/h2-5,10H,6-9,11H2,1H3. The summed E-state index contributed by atoms with van der Waals surface area (Å²) < 4.78 is 5.01. The summed E-state index contributed by atoms with van der Waals surface area (Å²) in [6.07, 6.45) is 0.700. The number of ether oxygens (including phenoxy) is 1. The van der Waals surface area contributed by atoms with Crippen molar-refractivity contribution in [2.45, 2.75) is 0 Å². The second-order valence-electron chi connectivity index (χ2n) is 5.00. The molecule has 0 aliphatic carbocycles. The number of benzene rings is 1. The monoisotopic (exact) mass is 290 g/mol. The summed E-state index contributed by atoms with van der Waals surface area (Å²) in [5, 5.41) is 0. The molecule has 1 aromatic rings. The van der Waals surface area contributed by atoms with E-state index >= 15 is 0 Å². The number of aldehydes is 1. The van der Waals surface area contributed by atoms with E-state index in [9.17, 15) is 14.4 Å². The Hall–Kier alpha value is -2.21. The number of carbonyl (C=O) groups excluding carboxylic acids is 3. The van der Waals surface area contributed by atoms with E-state index in [2.05, 4.69) is 4.90 Å². The van der Waals surface area contributed by atoms with E-state index in [0.717, 1.165) is 13.1 Å². The van der Waals surface area contributed by atoms with Crippen LogP contribution in [-0.2, 0) is 9.53 Å². The van der Waals surface area contributed by atoms with Crippen LogP contribution >= 0.6 is 0 Å². The zero-order valence-electron chi connectivity index (χ0n) is 11.9. The molecule has 1 aliphatic heterocycles. The van der Waals surface area contributed by atoms with Crippen LogP contribution in [0.25, 0.3) is 0 Å². The average molecular weight is 290 g/mol. The highest BCUT2D eigenvalue weighted by molar-refractivity contribution is 5.92. The predicted octanol–water partition coefficient (Wildman–Crippen LogP) is 0.430. The van der Waals surface area contributed by atoms with Gasteiger partial charge in [-0.15, -0.1) is 0 Å². The first-order valence-corrected chi connectivity index (χ1v) is 6.79. The van der Waals surface area contributed by atoms with E-state index in [1.165, 1.54) is 24.3 Å². The van der Waals surface area contributed by atoms with Gasteiger partial charge in [0.15, 0.2) is 6.61 Å². The third-order valence-electron chi connectivity index (χ3n) is 3.47. The van der Waals surface area contributed by atoms with Crippen molar-refractivity contribution in [1.29, 1.82) is 0 Å². The molecule has 0 unspecified atom stereocenters. The molecule has 112 valence electrons. The van der Waals surface area contributed by atoms with Gasteiger partial charge in [0.25, 0.3) is 5.91 Å². The first-order chi connectivity index (χ1) is 10.1. The number of hydrogen-bond acceptors (Lipinski definition) is 5. The molecule has 0 atom stereocenters. The van der Waals surface area contributed by atoms with Crippen LogP contribution in [0.1, 0.15) is 20.7 Å².